The smallest absolute Gasteiger partial charge is 0.296 e. The molecular formula is C44H27Cl2N9O15S6. The maximum absolute atomic E-state index is 12.7. The van der Waals surface area contributed by atoms with Crippen LogP contribution in [-0.4, -0.2) is 69.8 Å². The van der Waals surface area contributed by atoms with Gasteiger partial charge in [-0.3, -0.25) is 22.8 Å². The number of hydrogen-bond acceptors (Lipinski definition) is 20. The standard InChI is InChI=1S/C44H27Cl2N9O15S6/c1-21-31(19-47)41(49-25-8-10-33(45)37(14-25)75(65,66)67)51-42(50-26-9-11-34(46)38(15-26)76(68,69)70)40(21)53-54-43-32(20-48)39(24-7-6-22-4-2-3-5-23(22)12-24)44(71-43)55-52-27-13-29-30(35(16-27)73(59,60)61)17-28(72(56,57)58)18-36(29)74(62,63)64/h2-18H,1H3,(H2,49,50,51)(H,56,57,58)(H,59,60,61)(H,62,63,64)(H,65,66,67)(H,68,69,70). The lowest BCUT2D eigenvalue weighted by Gasteiger charge is -2.16. The molecule has 6 aromatic carbocycles. The largest absolute Gasteiger partial charge is 0.339 e. The normalized spacial score (nSPS) is 12.6. The summed E-state index contributed by atoms with van der Waals surface area (Å²) in [5.41, 5.74) is -0.939. The SMILES string of the molecule is Cc1c(C#N)c(Nc2ccc(Cl)c(S(=O)(=O)O)c2)nc(Nc2ccc(Cl)c(S(=O)(=O)O)c2)c1N=Nc1sc(N=Nc2cc(S(=O)(=O)O)c3cc(S(=O)(=O)O)cc(S(=O)(=O)O)c3c2)c(-c2ccc3ccccc3c2)c1C#N. The first-order valence-electron chi connectivity index (χ1n) is 20.4. The van der Waals surface area contributed by atoms with E-state index in [1.54, 1.807) is 36.4 Å². The predicted octanol–water partition coefficient (Wildman–Crippen LogP) is 11.0. The Kier molecular flexibility index (Phi) is 14.6. The van der Waals surface area contributed by atoms with Crippen LogP contribution in [0, 0.1) is 29.6 Å². The molecule has 0 aliphatic heterocycles. The number of anilines is 4. The summed E-state index contributed by atoms with van der Waals surface area (Å²) < 4.78 is 173. The zero-order valence-corrected chi connectivity index (χ0v) is 43.9. The molecule has 2 aromatic heterocycles. The van der Waals surface area contributed by atoms with Crippen LogP contribution >= 0.6 is 34.5 Å². The van der Waals surface area contributed by atoms with Crippen molar-refractivity contribution < 1.29 is 64.9 Å². The van der Waals surface area contributed by atoms with Gasteiger partial charge >= 0.3 is 0 Å². The van der Waals surface area contributed by atoms with Gasteiger partial charge < -0.3 is 10.6 Å². The third-order valence-corrected chi connectivity index (χ3v) is 17.0. The van der Waals surface area contributed by atoms with Gasteiger partial charge in [-0.1, -0.05) is 70.9 Å². The van der Waals surface area contributed by atoms with Gasteiger partial charge in [0.25, 0.3) is 50.6 Å². The van der Waals surface area contributed by atoms with Gasteiger partial charge in [-0.05, 0) is 90.0 Å². The zero-order chi connectivity index (χ0) is 55.4. The molecule has 0 aliphatic carbocycles. The molecule has 0 atom stereocenters. The maximum Gasteiger partial charge on any atom is 0.296 e. The van der Waals surface area contributed by atoms with Crippen molar-refractivity contribution in [3.8, 4) is 23.3 Å². The fourth-order valence-electron chi connectivity index (χ4n) is 7.41. The predicted molar refractivity (Wildman–Crippen MR) is 277 cm³/mol. The maximum atomic E-state index is 12.7. The molecule has 0 amide bonds. The monoisotopic (exact) mass is 1180 g/mol. The molecule has 0 unspecified atom stereocenters. The van der Waals surface area contributed by atoms with Gasteiger partial charge in [-0.2, -0.15) is 52.6 Å². The lowest BCUT2D eigenvalue weighted by Crippen LogP contribution is -2.07. The minimum atomic E-state index is -5.40. The molecule has 0 radical (unpaired) electrons. The third-order valence-electron chi connectivity index (χ3n) is 10.8. The molecule has 0 saturated carbocycles. The van der Waals surface area contributed by atoms with Gasteiger partial charge in [-0.15, -0.1) is 20.5 Å². The summed E-state index contributed by atoms with van der Waals surface area (Å²) in [5.74, 6) is -0.559. The fraction of sp³-hybridized carbons (Fsp3) is 0.0227. The summed E-state index contributed by atoms with van der Waals surface area (Å²) >= 11 is 12.7. The van der Waals surface area contributed by atoms with E-state index < -0.39 is 91.5 Å². The van der Waals surface area contributed by atoms with Crippen molar-refractivity contribution in [1.29, 1.82) is 10.5 Å². The van der Waals surface area contributed by atoms with Crippen LogP contribution in [0.2, 0.25) is 10.0 Å². The minimum Gasteiger partial charge on any atom is -0.339 e. The molecule has 7 N–H and O–H groups in total. The number of benzene rings is 6. The number of thiophene rings is 1. The third kappa shape index (κ3) is 11.4. The van der Waals surface area contributed by atoms with Crippen LogP contribution in [0.3, 0.4) is 0 Å². The molecule has 8 aromatic rings. The lowest BCUT2D eigenvalue weighted by molar-refractivity contribution is 0.478. The Labute approximate surface area is 444 Å². The zero-order valence-electron chi connectivity index (χ0n) is 37.5. The van der Waals surface area contributed by atoms with Crippen LogP contribution in [0.5, 0.6) is 0 Å². The second-order valence-corrected chi connectivity index (χ2v) is 24.5. The van der Waals surface area contributed by atoms with Crippen molar-refractivity contribution >= 4 is 151 Å². The van der Waals surface area contributed by atoms with Crippen molar-refractivity contribution in [2.24, 2.45) is 20.5 Å². The van der Waals surface area contributed by atoms with Crippen LogP contribution in [0.4, 0.5) is 44.4 Å². The minimum absolute atomic E-state index is 0.00262. The Hall–Kier alpha value is -7.40. The van der Waals surface area contributed by atoms with Crippen molar-refractivity contribution in [3.63, 3.8) is 0 Å². The van der Waals surface area contributed by atoms with Gasteiger partial charge in [-0.25, -0.2) is 4.98 Å². The fourth-order valence-corrected chi connectivity index (χ4v) is 12.4. The number of fused-ring (bicyclic) bond motifs is 2. The summed E-state index contributed by atoms with van der Waals surface area (Å²) in [6.45, 7) is 1.39. The lowest BCUT2D eigenvalue weighted by atomic mass is 10.00. The number of hydrogen-bond donors (Lipinski definition) is 7. The second kappa shape index (κ2) is 20.3. The Morgan fingerprint density at radius 3 is 1.62 bits per heavy atom. The summed E-state index contributed by atoms with van der Waals surface area (Å²) in [4.78, 5) is -0.445. The highest BCUT2D eigenvalue weighted by Crippen LogP contribution is 2.49. The van der Waals surface area contributed by atoms with E-state index >= 15 is 0 Å². The van der Waals surface area contributed by atoms with Crippen molar-refractivity contribution in [1.82, 2.24) is 4.98 Å². The van der Waals surface area contributed by atoms with E-state index in [1.165, 1.54) is 19.1 Å². The Bertz CT molecular complexity index is 4580. The average Bonchev–Trinajstić information content (AvgIpc) is 3.70. The molecule has 2 heterocycles. The summed E-state index contributed by atoms with van der Waals surface area (Å²) in [6, 6.07) is 25.3. The number of rotatable bonds is 14. The Morgan fingerprint density at radius 2 is 1.07 bits per heavy atom. The van der Waals surface area contributed by atoms with Crippen molar-refractivity contribution in [2.75, 3.05) is 10.6 Å². The van der Waals surface area contributed by atoms with Gasteiger partial charge in [0, 0.05) is 33.3 Å². The van der Waals surface area contributed by atoms with Gasteiger partial charge in [0.2, 0.25) is 0 Å². The van der Waals surface area contributed by atoms with Gasteiger partial charge in [0.1, 0.15) is 48.0 Å². The van der Waals surface area contributed by atoms with Crippen LogP contribution in [-0.2, 0) is 50.6 Å². The van der Waals surface area contributed by atoms with Crippen molar-refractivity contribution in [3.05, 3.63) is 130 Å². The Balaban J connectivity index is 1.34. The van der Waals surface area contributed by atoms with E-state index in [-0.39, 0.29) is 71.0 Å². The molecule has 0 bridgehead atoms. The first-order chi connectivity index (χ1) is 35.5. The van der Waals surface area contributed by atoms with Crippen LogP contribution in [0.1, 0.15) is 16.7 Å². The highest BCUT2D eigenvalue weighted by molar-refractivity contribution is 7.87. The summed E-state index contributed by atoms with van der Waals surface area (Å²) in [5, 5.41) is 42.9. The van der Waals surface area contributed by atoms with E-state index in [4.69, 9.17) is 23.2 Å². The molecular weight excluding hydrogens is 1160 g/mol. The van der Waals surface area contributed by atoms with E-state index in [1.807, 2.05) is 12.1 Å². The van der Waals surface area contributed by atoms with Crippen molar-refractivity contribution in [2.45, 2.75) is 31.4 Å². The molecule has 0 fully saturated rings. The van der Waals surface area contributed by atoms with E-state index in [0.29, 0.717) is 40.5 Å². The molecule has 0 aliphatic rings. The van der Waals surface area contributed by atoms with Crippen LogP contribution < -0.4 is 10.6 Å². The highest BCUT2D eigenvalue weighted by atomic mass is 35.5. The number of pyridine rings is 1. The number of nitrogens with zero attached hydrogens (tertiary/aromatic N) is 7. The second-order valence-electron chi connectivity index (χ2n) is 15.7. The molecule has 24 nitrogen and oxygen atoms in total. The van der Waals surface area contributed by atoms with Gasteiger partial charge in [0.05, 0.1) is 26.2 Å². The average molecular weight is 1190 g/mol. The van der Waals surface area contributed by atoms with E-state index in [2.05, 4.69) is 42.1 Å². The number of nitrogens with one attached hydrogen (secondary N) is 2. The van der Waals surface area contributed by atoms with E-state index in [0.717, 1.165) is 35.7 Å². The molecule has 76 heavy (non-hydrogen) atoms. The van der Waals surface area contributed by atoms with Crippen LogP contribution in [0.15, 0.2) is 148 Å². The quantitative estimate of drug-likeness (QED) is 0.0393. The number of halogens is 2. The Morgan fingerprint density at radius 1 is 0.539 bits per heavy atom. The topological polar surface area (TPSA) is 406 Å². The number of aromatic nitrogens is 1. The summed E-state index contributed by atoms with van der Waals surface area (Å²) in [6.07, 6.45) is 0. The number of azo groups is 2. The van der Waals surface area contributed by atoms with E-state index in [9.17, 15) is 75.4 Å². The highest BCUT2D eigenvalue weighted by Gasteiger charge is 2.28. The molecule has 0 spiro atoms. The summed E-state index contributed by atoms with van der Waals surface area (Å²) in [7, 11) is -25.8. The molecule has 8 rings (SSSR count). The first-order valence-corrected chi connectivity index (χ1v) is 29.2. The number of nitriles is 2. The first kappa shape index (κ1) is 54.8. The molecule has 0 saturated heterocycles. The molecule has 388 valence electrons. The molecule has 32 heteroatoms. The van der Waals surface area contributed by atoms with Crippen LogP contribution in [0.25, 0.3) is 32.7 Å². The van der Waals surface area contributed by atoms with Gasteiger partial charge in [0.15, 0.2) is 16.6 Å².